The normalized spacial score (nSPS) is 9.00. The molecule has 0 aliphatic heterocycles. The standard InChI is InChI=1S/C9H8O2S/c10-9(7-12-11)6-8-4-2-1-3-5-8/h1-5,7H,6H2. The van der Waals surface area contributed by atoms with Crippen molar-refractivity contribution in [3.8, 4) is 0 Å². The predicted molar refractivity (Wildman–Crippen MR) is 49.4 cm³/mol. The van der Waals surface area contributed by atoms with Crippen molar-refractivity contribution in [2.45, 2.75) is 6.42 Å². The van der Waals surface area contributed by atoms with E-state index in [1.807, 2.05) is 30.3 Å². The molecule has 0 amide bonds. The monoisotopic (exact) mass is 180 g/mol. The molecule has 2 nitrogen and oxygen atoms in total. The second-order valence-corrected chi connectivity index (χ2v) is 2.77. The van der Waals surface area contributed by atoms with Gasteiger partial charge in [-0.1, -0.05) is 30.3 Å². The van der Waals surface area contributed by atoms with E-state index >= 15 is 0 Å². The third kappa shape index (κ3) is 2.80. The van der Waals surface area contributed by atoms with E-state index in [0.29, 0.717) is 6.42 Å². The minimum Gasteiger partial charge on any atom is -0.293 e. The molecular formula is C9H8O2S. The maximum Gasteiger partial charge on any atom is 0.173 e. The van der Waals surface area contributed by atoms with Gasteiger partial charge >= 0.3 is 0 Å². The predicted octanol–water partition coefficient (Wildman–Crippen LogP) is 0.813. The molecule has 3 heteroatoms. The first-order valence-corrected chi connectivity index (χ1v) is 4.32. The van der Waals surface area contributed by atoms with Crippen molar-refractivity contribution in [1.29, 1.82) is 0 Å². The Kier molecular flexibility index (Phi) is 3.41. The molecule has 0 N–H and O–H groups in total. The van der Waals surface area contributed by atoms with Gasteiger partial charge in [-0.15, -0.1) is 0 Å². The van der Waals surface area contributed by atoms with Crippen molar-refractivity contribution in [2.24, 2.45) is 0 Å². The van der Waals surface area contributed by atoms with Gasteiger partial charge in [0.15, 0.2) is 5.78 Å². The number of hydrogen-bond donors (Lipinski definition) is 0. The minimum atomic E-state index is -0.138. The van der Waals surface area contributed by atoms with Crippen LogP contribution < -0.4 is 0 Å². The van der Waals surface area contributed by atoms with Crippen molar-refractivity contribution < 1.29 is 9.00 Å². The highest BCUT2D eigenvalue weighted by molar-refractivity contribution is 7.66. The fourth-order valence-electron chi connectivity index (χ4n) is 0.892. The summed E-state index contributed by atoms with van der Waals surface area (Å²) in [7, 11) is 0. The zero-order chi connectivity index (χ0) is 8.81. The summed E-state index contributed by atoms with van der Waals surface area (Å²) in [5.74, 6) is -0.138. The van der Waals surface area contributed by atoms with E-state index in [4.69, 9.17) is 0 Å². The first kappa shape index (κ1) is 8.87. The molecule has 0 spiro atoms. The van der Waals surface area contributed by atoms with Gasteiger partial charge in [-0.3, -0.25) is 4.79 Å². The summed E-state index contributed by atoms with van der Waals surface area (Å²) < 4.78 is 9.97. The number of carbonyl (C=O) groups excluding carboxylic acids is 1. The van der Waals surface area contributed by atoms with Crippen LogP contribution in [-0.2, 0) is 22.5 Å². The first-order chi connectivity index (χ1) is 5.83. The van der Waals surface area contributed by atoms with E-state index < -0.39 is 0 Å². The van der Waals surface area contributed by atoms with Crippen LogP contribution >= 0.6 is 0 Å². The minimum absolute atomic E-state index is 0.138. The summed E-state index contributed by atoms with van der Waals surface area (Å²) in [6.45, 7) is 0. The third-order valence-electron chi connectivity index (χ3n) is 1.40. The van der Waals surface area contributed by atoms with E-state index in [0.717, 1.165) is 10.9 Å². The van der Waals surface area contributed by atoms with Gasteiger partial charge < -0.3 is 0 Å². The van der Waals surface area contributed by atoms with Gasteiger partial charge in [0.25, 0.3) is 0 Å². The molecule has 1 rings (SSSR count). The highest BCUT2D eigenvalue weighted by Gasteiger charge is 1.97. The summed E-state index contributed by atoms with van der Waals surface area (Å²) in [4.78, 5) is 10.9. The van der Waals surface area contributed by atoms with Crippen molar-refractivity contribution in [1.82, 2.24) is 0 Å². The van der Waals surface area contributed by atoms with E-state index in [1.165, 1.54) is 0 Å². The van der Waals surface area contributed by atoms with Crippen LogP contribution in [0.15, 0.2) is 30.3 Å². The second kappa shape index (κ2) is 4.62. The lowest BCUT2D eigenvalue weighted by molar-refractivity contribution is -0.111. The maximum absolute atomic E-state index is 10.9. The third-order valence-corrected chi connectivity index (χ3v) is 1.76. The van der Waals surface area contributed by atoms with Crippen LogP contribution in [0.1, 0.15) is 5.56 Å². The molecule has 0 aromatic heterocycles. The number of Topliss-reactive ketones (excluding diaryl/α,β-unsaturated/α-hetero) is 1. The Bertz CT molecular complexity index is 313. The molecule has 0 bridgehead atoms. The van der Waals surface area contributed by atoms with Gasteiger partial charge in [-0.25, -0.2) is 4.21 Å². The fourth-order valence-corrected chi connectivity index (χ4v) is 1.08. The summed E-state index contributed by atoms with van der Waals surface area (Å²) in [5, 5.41) is 1.09. The SMILES string of the molecule is O=S=CC(=O)Cc1ccccc1. The largest absolute Gasteiger partial charge is 0.293 e. The van der Waals surface area contributed by atoms with Crippen LogP contribution in [0.4, 0.5) is 0 Å². The first-order valence-electron chi connectivity index (χ1n) is 3.51. The average Bonchev–Trinajstić information content (AvgIpc) is 2.06. The number of rotatable bonds is 3. The molecule has 0 unspecified atom stereocenters. The Morgan fingerprint density at radius 1 is 1.33 bits per heavy atom. The second-order valence-electron chi connectivity index (χ2n) is 2.34. The molecule has 12 heavy (non-hydrogen) atoms. The Morgan fingerprint density at radius 2 is 2.00 bits per heavy atom. The van der Waals surface area contributed by atoms with Crippen LogP contribution in [0.2, 0.25) is 0 Å². The Morgan fingerprint density at radius 3 is 2.58 bits per heavy atom. The average molecular weight is 180 g/mol. The van der Waals surface area contributed by atoms with E-state index in [-0.39, 0.29) is 17.0 Å². The molecule has 0 aliphatic carbocycles. The molecule has 0 saturated carbocycles. The van der Waals surface area contributed by atoms with Crippen LogP contribution in [0.5, 0.6) is 0 Å². The number of ketones is 1. The quantitative estimate of drug-likeness (QED) is 0.645. The summed E-state index contributed by atoms with van der Waals surface area (Å²) >= 11 is 0.204. The van der Waals surface area contributed by atoms with Gasteiger partial charge in [-0.05, 0) is 5.56 Å². The molecule has 0 radical (unpaired) electrons. The van der Waals surface area contributed by atoms with Gasteiger partial charge in [0.2, 0.25) is 0 Å². The van der Waals surface area contributed by atoms with E-state index in [1.54, 1.807) is 0 Å². The van der Waals surface area contributed by atoms with Crippen LogP contribution in [0, 0.1) is 0 Å². The van der Waals surface area contributed by atoms with Gasteiger partial charge in [0.05, 0.1) is 16.6 Å². The van der Waals surface area contributed by atoms with Crippen molar-refractivity contribution in [3.63, 3.8) is 0 Å². The maximum atomic E-state index is 10.9. The molecule has 0 fully saturated rings. The van der Waals surface area contributed by atoms with E-state index in [2.05, 4.69) is 0 Å². The Hall–Kier alpha value is -1.22. The molecule has 0 atom stereocenters. The number of carbonyl (C=O) groups is 1. The van der Waals surface area contributed by atoms with E-state index in [9.17, 15) is 9.00 Å². The zero-order valence-electron chi connectivity index (χ0n) is 6.40. The zero-order valence-corrected chi connectivity index (χ0v) is 7.21. The molecule has 1 aromatic carbocycles. The Balaban J connectivity index is 2.64. The van der Waals surface area contributed by atoms with Crippen LogP contribution in [0.3, 0.4) is 0 Å². The Labute approximate surface area is 74.3 Å². The van der Waals surface area contributed by atoms with Crippen molar-refractivity contribution in [2.75, 3.05) is 0 Å². The van der Waals surface area contributed by atoms with Crippen LogP contribution in [0.25, 0.3) is 0 Å². The lowest BCUT2D eigenvalue weighted by atomic mass is 10.1. The lowest BCUT2D eigenvalue weighted by Crippen LogP contribution is -2.02. The highest BCUT2D eigenvalue weighted by atomic mass is 32.1. The molecule has 0 saturated heterocycles. The van der Waals surface area contributed by atoms with Crippen LogP contribution in [-0.4, -0.2) is 15.4 Å². The molecule has 1 aromatic rings. The topological polar surface area (TPSA) is 34.1 Å². The molecular weight excluding hydrogens is 172 g/mol. The number of hydrogen-bond acceptors (Lipinski definition) is 2. The highest BCUT2D eigenvalue weighted by Crippen LogP contribution is 1.98. The molecule has 0 heterocycles. The summed E-state index contributed by atoms with van der Waals surface area (Å²) in [6.07, 6.45) is 0.316. The van der Waals surface area contributed by atoms with Gasteiger partial charge in [-0.2, -0.15) is 0 Å². The van der Waals surface area contributed by atoms with Crippen molar-refractivity contribution in [3.05, 3.63) is 35.9 Å². The summed E-state index contributed by atoms with van der Waals surface area (Å²) in [5.41, 5.74) is 0.938. The smallest absolute Gasteiger partial charge is 0.173 e. The fraction of sp³-hybridized carbons (Fsp3) is 0.111. The van der Waals surface area contributed by atoms with Gasteiger partial charge in [0, 0.05) is 6.42 Å². The summed E-state index contributed by atoms with van der Waals surface area (Å²) in [6, 6.07) is 9.35. The number of benzene rings is 1. The van der Waals surface area contributed by atoms with Crippen molar-refractivity contribution >= 4 is 22.4 Å². The lowest BCUT2D eigenvalue weighted by Gasteiger charge is -1.93. The van der Waals surface area contributed by atoms with Gasteiger partial charge in [0.1, 0.15) is 0 Å². The molecule has 0 aliphatic rings. The molecule has 62 valence electrons.